The number of rotatable bonds is 3. The van der Waals surface area contributed by atoms with Gasteiger partial charge in [-0.15, -0.1) is 0 Å². The highest BCUT2D eigenvalue weighted by atomic mass is 16.3. The van der Waals surface area contributed by atoms with E-state index >= 15 is 0 Å². The van der Waals surface area contributed by atoms with E-state index in [0.717, 1.165) is 18.5 Å². The fourth-order valence-electron chi connectivity index (χ4n) is 2.18. The summed E-state index contributed by atoms with van der Waals surface area (Å²) in [6.07, 6.45) is 3.80. The van der Waals surface area contributed by atoms with Gasteiger partial charge in [-0.1, -0.05) is 6.08 Å². The molecule has 1 aliphatic rings. The minimum atomic E-state index is -0.597. The zero-order chi connectivity index (χ0) is 13.1. The number of allylic oxidation sites excluding steroid dienone is 1. The largest absolute Gasteiger partial charge is 0.388 e. The Hall–Kier alpha value is -1.61. The fraction of sp³-hybridized carbons (Fsp3) is 0.400. The van der Waals surface area contributed by atoms with Crippen molar-refractivity contribution in [3.8, 4) is 0 Å². The predicted octanol–water partition coefficient (Wildman–Crippen LogP) is 2.41. The Morgan fingerprint density at radius 3 is 2.50 bits per heavy atom. The molecule has 0 radical (unpaired) electrons. The lowest BCUT2D eigenvalue weighted by molar-refractivity contribution is 0.0975. The summed E-state index contributed by atoms with van der Waals surface area (Å²) < 4.78 is 0. The summed E-state index contributed by atoms with van der Waals surface area (Å²) in [5.41, 5.74) is 2.26. The van der Waals surface area contributed by atoms with Crippen LogP contribution in [-0.4, -0.2) is 31.1 Å². The van der Waals surface area contributed by atoms with Crippen molar-refractivity contribution in [2.45, 2.75) is 25.4 Å². The van der Waals surface area contributed by atoms with Crippen LogP contribution in [-0.2, 0) is 0 Å². The van der Waals surface area contributed by atoms with Gasteiger partial charge in [0.15, 0.2) is 5.78 Å². The van der Waals surface area contributed by atoms with Crippen LogP contribution >= 0.6 is 0 Å². The van der Waals surface area contributed by atoms with Crippen molar-refractivity contribution in [2.24, 2.45) is 0 Å². The van der Waals surface area contributed by atoms with Gasteiger partial charge < -0.3 is 10.0 Å². The number of aliphatic hydroxyl groups is 1. The number of hydrogen-bond donors (Lipinski definition) is 1. The molecule has 0 fully saturated rings. The maximum Gasteiger partial charge on any atom is 0.191 e. The second-order valence-electron chi connectivity index (χ2n) is 4.88. The highest BCUT2D eigenvalue weighted by Crippen LogP contribution is 2.23. The first-order valence-corrected chi connectivity index (χ1v) is 6.30. The molecule has 96 valence electrons. The maximum absolute atomic E-state index is 12.2. The van der Waals surface area contributed by atoms with Crippen LogP contribution in [0, 0.1) is 0 Å². The molecule has 1 aliphatic carbocycles. The minimum Gasteiger partial charge on any atom is -0.388 e. The number of nitrogens with zero attached hydrogens (tertiary/aromatic N) is 1. The number of carbonyl (C=O) groups is 1. The molecule has 1 N–H and O–H groups in total. The van der Waals surface area contributed by atoms with Crippen LogP contribution in [0.4, 0.5) is 5.69 Å². The van der Waals surface area contributed by atoms with Gasteiger partial charge in [0, 0.05) is 30.9 Å². The number of hydrogen-bond acceptors (Lipinski definition) is 3. The van der Waals surface area contributed by atoms with Crippen molar-refractivity contribution in [1.82, 2.24) is 0 Å². The molecule has 0 unspecified atom stereocenters. The lowest BCUT2D eigenvalue weighted by Gasteiger charge is -2.18. The van der Waals surface area contributed by atoms with E-state index in [2.05, 4.69) is 0 Å². The zero-order valence-corrected chi connectivity index (χ0v) is 10.9. The van der Waals surface area contributed by atoms with Crippen LogP contribution in [0.3, 0.4) is 0 Å². The van der Waals surface area contributed by atoms with Crippen molar-refractivity contribution in [2.75, 3.05) is 19.0 Å². The van der Waals surface area contributed by atoms with E-state index in [1.54, 1.807) is 0 Å². The lowest BCUT2D eigenvalue weighted by Crippen LogP contribution is -2.21. The molecule has 0 amide bonds. The predicted molar refractivity (Wildman–Crippen MR) is 73.0 cm³/mol. The normalized spacial score (nSPS) is 19.3. The molecule has 0 spiro atoms. The molecule has 0 bridgehead atoms. The summed E-state index contributed by atoms with van der Waals surface area (Å²) in [4.78, 5) is 14.2. The lowest BCUT2D eigenvalue weighted by atomic mass is 9.90. The van der Waals surface area contributed by atoms with E-state index in [1.165, 1.54) is 0 Å². The first-order valence-electron chi connectivity index (χ1n) is 6.30. The number of ketones is 1. The summed E-state index contributed by atoms with van der Waals surface area (Å²) in [5.74, 6) is -0.0486. The van der Waals surface area contributed by atoms with E-state index < -0.39 is 6.10 Å². The van der Waals surface area contributed by atoms with E-state index in [1.807, 2.05) is 49.3 Å². The van der Waals surface area contributed by atoms with Crippen LogP contribution in [0.5, 0.6) is 0 Å². The van der Waals surface area contributed by atoms with Gasteiger partial charge in [-0.05, 0) is 43.5 Å². The Labute approximate surface area is 108 Å². The van der Waals surface area contributed by atoms with Gasteiger partial charge in [-0.2, -0.15) is 0 Å². The van der Waals surface area contributed by atoms with E-state index in [0.29, 0.717) is 17.6 Å². The molecule has 1 aromatic rings. The van der Waals surface area contributed by atoms with E-state index in [9.17, 15) is 9.90 Å². The third kappa shape index (κ3) is 2.62. The molecule has 1 atom stereocenters. The third-order valence-electron chi connectivity index (χ3n) is 3.31. The first-order chi connectivity index (χ1) is 8.59. The summed E-state index contributed by atoms with van der Waals surface area (Å²) in [5, 5.41) is 9.85. The van der Waals surface area contributed by atoms with Gasteiger partial charge in [-0.25, -0.2) is 0 Å². The molecular weight excluding hydrogens is 226 g/mol. The van der Waals surface area contributed by atoms with Crippen LogP contribution in [0.25, 0.3) is 0 Å². The Kier molecular flexibility index (Phi) is 3.82. The molecule has 0 saturated carbocycles. The molecule has 0 heterocycles. The highest BCUT2D eigenvalue weighted by Gasteiger charge is 2.22. The summed E-state index contributed by atoms with van der Waals surface area (Å²) in [6.45, 7) is 0. The second-order valence-corrected chi connectivity index (χ2v) is 4.88. The van der Waals surface area contributed by atoms with Gasteiger partial charge in [0.25, 0.3) is 0 Å². The van der Waals surface area contributed by atoms with Gasteiger partial charge in [0.2, 0.25) is 0 Å². The van der Waals surface area contributed by atoms with Crippen molar-refractivity contribution in [3.63, 3.8) is 0 Å². The second kappa shape index (κ2) is 5.36. The summed E-state index contributed by atoms with van der Waals surface area (Å²) in [7, 11) is 3.93. The van der Waals surface area contributed by atoms with E-state index in [4.69, 9.17) is 0 Å². The standard InChI is InChI=1S/C15H19NO2/c1-16(2)12-9-7-11(8-10-12)15(18)13-5-3-4-6-14(13)17/h5,7-10,14,17H,3-4,6H2,1-2H3/t14-/m0/s1. The molecule has 0 saturated heterocycles. The molecule has 3 heteroatoms. The Balaban J connectivity index is 2.21. The monoisotopic (exact) mass is 245 g/mol. The van der Waals surface area contributed by atoms with Crippen molar-refractivity contribution < 1.29 is 9.90 Å². The molecular formula is C15H19NO2. The van der Waals surface area contributed by atoms with E-state index in [-0.39, 0.29) is 5.78 Å². The number of anilines is 1. The van der Waals surface area contributed by atoms with Crippen LogP contribution in [0.1, 0.15) is 29.6 Å². The van der Waals surface area contributed by atoms with Crippen LogP contribution in [0.2, 0.25) is 0 Å². The van der Waals surface area contributed by atoms with Gasteiger partial charge in [0.1, 0.15) is 0 Å². The van der Waals surface area contributed by atoms with Crippen molar-refractivity contribution in [3.05, 3.63) is 41.5 Å². The SMILES string of the molecule is CN(C)c1ccc(C(=O)C2=CCCC[C@@H]2O)cc1. The average Bonchev–Trinajstić information content (AvgIpc) is 2.38. The maximum atomic E-state index is 12.2. The van der Waals surface area contributed by atoms with Gasteiger partial charge >= 0.3 is 0 Å². The Morgan fingerprint density at radius 2 is 1.94 bits per heavy atom. The number of Topliss-reactive ketones (excluding diaryl/α,β-unsaturated/α-hetero) is 1. The smallest absolute Gasteiger partial charge is 0.191 e. The third-order valence-corrected chi connectivity index (χ3v) is 3.31. The summed E-state index contributed by atoms with van der Waals surface area (Å²) >= 11 is 0. The Bertz CT molecular complexity index is 460. The highest BCUT2D eigenvalue weighted by molar-refractivity contribution is 6.09. The van der Waals surface area contributed by atoms with Crippen molar-refractivity contribution >= 4 is 11.5 Å². The molecule has 2 rings (SSSR count). The molecule has 3 nitrogen and oxygen atoms in total. The number of benzene rings is 1. The quantitative estimate of drug-likeness (QED) is 0.831. The first kappa shape index (κ1) is 12.8. The minimum absolute atomic E-state index is 0.0486. The van der Waals surface area contributed by atoms with Crippen LogP contribution in [0.15, 0.2) is 35.9 Å². The van der Waals surface area contributed by atoms with Gasteiger partial charge in [-0.3, -0.25) is 4.79 Å². The Morgan fingerprint density at radius 1 is 1.28 bits per heavy atom. The topological polar surface area (TPSA) is 40.5 Å². The molecule has 0 aromatic heterocycles. The molecule has 1 aromatic carbocycles. The summed E-state index contributed by atoms with van der Waals surface area (Å²) in [6, 6.07) is 7.48. The average molecular weight is 245 g/mol. The van der Waals surface area contributed by atoms with Crippen molar-refractivity contribution in [1.29, 1.82) is 0 Å². The number of carbonyl (C=O) groups excluding carboxylic acids is 1. The number of aliphatic hydroxyl groups excluding tert-OH is 1. The van der Waals surface area contributed by atoms with Crippen LogP contribution < -0.4 is 4.90 Å². The van der Waals surface area contributed by atoms with Gasteiger partial charge in [0.05, 0.1) is 6.10 Å². The molecule has 18 heavy (non-hydrogen) atoms. The zero-order valence-electron chi connectivity index (χ0n) is 10.9. The molecule has 0 aliphatic heterocycles. The fourth-order valence-corrected chi connectivity index (χ4v) is 2.18.